The number of likely N-dealkylation sites (tertiary alicyclic amines) is 1. The van der Waals surface area contributed by atoms with Gasteiger partial charge < -0.3 is 14.6 Å². The lowest BCUT2D eigenvalue weighted by Crippen LogP contribution is -2.43. The molecule has 1 fully saturated rings. The lowest BCUT2D eigenvalue weighted by atomic mass is 9.91. The number of nitrogens with zero attached hydrogens (tertiary/aromatic N) is 3. The highest BCUT2D eigenvalue weighted by Gasteiger charge is 2.35. The number of hydrogen-bond donors (Lipinski definition) is 1. The van der Waals surface area contributed by atoms with Gasteiger partial charge in [0.25, 0.3) is 0 Å². The highest BCUT2D eigenvalue weighted by atomic mass is 35.5. The monoisotopic (exact) mass is 394 g/mol. The van der Waals surface area contributed by atoms with Gasteiger partial charge in [-0.25, -0.2) is 4.98 Å². The predicted octanol–water partition coefficient (Wildman–Crippen LogP) is 2.26. The van der Waals surface area contributed by atoms with Crippen molar-refractivity contribution < 1.29 is 9.53 Å². The van der Waals surface area contributed by atoms with Gasteiger partial charge in [0.1, 0.15) is 6.61 Å². The molecule has 0 saturated carbocycles. The number of amides is 1. The third-order valence-electron chi connectivity index (χ3n) is 4.53. The van der Waals surface area contributed by atoms with E-state index in [4.69, 9.17) is 4.74 Å². The Morgan fingerprint density at radius 3 is 2.68 bits per heavy atom. The van der Waals surface area contributed by atoms with Gasteiger partial charge in [-0.15, -0.1) is 24.8 Å². The van der Waals surface area contributed by atoms with E-state index < -0.39 is 0 Å². The lowest BCUT2D eigenvalue weighted by molar-refractivity contribution is -0.126. The van der Waals surface area contributed by atoms with Crippen molar-refractivity contribution in [3.05, 3.63) is 18.2 Å². The van der Waals surface area contributed by atoms with Gasteiger partial charge in [-0.1, -0.05) is 20.8 Å². The van der Waals surface area contributed by atoms with Crippen LogP contribution in [0.2, 0.25) is 0 Å². The highest BCUT2D eigenvalue weighted by Crippen LogP contribution is 2.25. The summed E-state index contributed by atoms with van der Waals surface area (Å²) in [6.45, 7) is 10.1. The lowest BCUT2D eigenvalue weighted by Gasteiger charge is -2.22. The number of aryl methyl sites for hydroxylation is 1. The summed E-state index contributed by atoms with van der Waals surface area (Å²) in [5.74, 6) is 1.00. The van der Waals surface area contributed by atoms with Crippen LogP contribution in [0.4, 0.5) is 0 Å². The van der Waals surface area contributed by atoms with Crippen LogP contribution in [0.3, 0.4) is 0 Å². The Bertz CT molecular complexity index is 511. The molecule has 2 heterocycles. The average molecular weight is 395 g/mol. The molecule has 8 heteroatoms. The summed E-state index contributed by atoms with van der Waals surface area (Å²) in [6.07, 6.45) is 4.67. The molecule has 0 radical (unpaired) electrons. The van der Waals surface area contributed by atoms with Crippen molar-refractivity contribution in [1.82, 2.24) is 19.8 Å². The number of rotatable bonds is 8. The van der Waals surface area contributed by atoms with Crippen molar-refractivity contribution in [1.29, 1.82) is 0 Å². The van der Waals surface area contributed by atoms with Gasteiger partial charge in [-0.3, -0.25) is 9.69 Å². The van der Waals surface area contributed by atoms with E-state index in [1.807, 2.05) is 26.5 Å². The molecule has 0 unspecified atom stereocenters. The molecule has 1 aromatic rings. The van der Waals surface area contributed by atoms with Crippen molar-refractivity contribution in [2.24, 2.45) is 18.9 Å². The first kappa shape index (κ1) is 24.2. The average Bonchev–Trinajstić information content (AvgIpc) is 3.07. The van der Waals surface area contributed by atoms with Crippen LogP contribution >= 0.6 is 24.8 Å². The summed E-state index contributed by atoms with van der Waals surface area (Å²) in [6, 6.07) is 0.195. The number of halogens is 2. The van der Waals surface area contributed by atoms with E-state index in [-0.39, 0.29) is 43.4 Å². The smallest absolute Gasteiger partial charge is 0.246 e. The van der Waals surface area contributed by atoms with Crippen molar-refractivity contribution in [3.63, 3.8) is 0 Å². The van der Waals surface area contributed by atoms with Gasteiger partial charge in [0.15, 0.2) is 0 Å². The topological polar surface area (TPSA) is 59.4 Å². The first-order valence-corrected chi connectivity index (χ1v) is 8.56. The summed E-state index contributed by atoms with van der Waals surface area (Å²) in [5, 5.41) is 3.17. The number of aromatic nitrogens is 2. The zero-order valence-corrected chi connectivity index (χ0v) is 17.2. The Morgan fingerprint density at radius 2 is 2.12 bits per heavy atom. The number of ether oxygens (including phenoxy) is 1. The second kappa shape index (κ2) is 11.7. The van der Waals surface area contributed by atoms with Crippen LogP contribution in [-0.2, 0) is 23.1 Å². The Morgan fingerprint density at radius 1 is 1.40 bits per heavy atom. The molecule has 1 aromatic heterocycles. The quantitative estimate of drug-likeness (QED) is 0.686. The molecule has 6 nitrogen and oxygen atoms in total. The fourth-order valence-corrected chi connectivity index (χ4v) is 3.19. The minimum atomic E-state index is -0.00326. The largest absolute Gasteiger partial charge is 0.372 e. The number of carbonyl (C=O) groups excluding carboxylic acids is 1. The molecule has 1 amide bonds. The van der Waals surface area contributed by atoms with Crippen LogP contribution in [0.5, 0.6) is 0 Å². The van der Waals surface area contributed by atoms with Crippen LogP contribution in [0.15, 0.2) is 12.5 Å². The molecule has 0 bridgehead atoms. The van der Waals surface area contributed by atoms with Gasteiger partial charge in [0.2, 0.25) is 5.91 Å². The maximum atomic E-state index is 12.1. The van der Waals surface area contributed by atoms with Crippen LogP contribution in [-0.4, -0.2) is 52.7 Å². The minimum absolute atomic E-state index is 0. The SMILES string of the molecule is CCCOCC(=O)N[C@H]1CN(Cc2cncn2C)C[C@@H]1C(C)C.Cl.Cl. The third-order valence-corrected chi connectivity index (χ3v) is 4.53. The molecule has 1 aliphatic rings. The van der Waals surface area contributed by atoms with Crippen molar-refractivity contribution in [3.8, 4) is 0 Å². The fourth-order valence-electron chi connectivity index (χ4n) is 3.19. The third kappa shape index (κ3) is 7.13. The zero-order chi connectivity index (χ0) is 16.8. The molecule has 0 aliphatic carbocycles. The summed E-state index contributed by atoms with van der Waals surface area (Å²) >= 11 is 0. The van der Waals surface area contributed by atoms with E-state index in [1.165, 1.54) is 5.69 Å². The Balaban J connectivity index is 0.00000288. The van der Waals surface area contributed by atoms with Crippen LogP contribution in [0.25, 0.3) is 0 Å². The second-order valence-corrected chi connectivity index (χ2v) is 6.82. The standard InChI is InChI=1S/C17H30N4O2.2ClH/c1-5-6-23-11-17(22)19-16-10-21(9-15(16)13(2)3)8-14-7-18-12-20(14)4;;/h7,12-13,15-16H,5-6,8-11H2,1-4H3,(H,19,22);2*1H/t15-,16+;;/m1../s1. The Hall–Kier alpha value is -0.820. The molecule has 2 rings (SSSR count). The first-order chi connectivity index (χ1) is 11.0. The van der Waals surface area contributed by atoms with Gasteiger partial charge >= 0.3 is 0 Å². The van der Waals surface area contributed by atoms with E-state index in [2.05, 4.69) is 33.6 Å². The summed E-state index contributed by atoms with van der Waals surface area (Å²) in [5.41, 5.74) is 1.20. The van der Waals surface area contributed by atoms with E-state index in [1.54, 1.807) is 0 Å². The fraction of sp³-hybridized carbons (Fsp3) is 0.765. The minimum Gasteiger partial charge on any atom is -0.372 e. The second-order valence-electron chi connectivity index (χ2n) is 6.82. The summed E-state index contributed by atoms with van der Waals surface area (Å²) < 4.78 is 7.39. The molecule has 25 heavy (non-hydrogen) atoms. The molecule has 146 valence electrons. The van der Waals surface area contributed by atoms with E-state index in [0.29, 0.717) is 18.4 Å². The molecule has 2 atom stereocenters. The number of carbonyl (C=O) groups is 1. The maximum Gasteiger partial charge on any atom is 0.246 e. The molecule has 0 spiro atoms. The van der Waals surface area contributed by atoms with Crippen molar-refractivity contribution in [2.45, 2.75) is 39.8 Å². The molecule has 1 aliphatic heterocycles. The van der Waals surface area contributed by atoms with E-state index >= 15 is 0 Å². The predicted molar refractivity (Wildman–Crippen MR) is 104 cm³/mol. The Kier molecular flexibility index (Phi) is 11.3. The van der Waals surface area contributed by atoms with Crippen LogP contribution in [0.1, 0.15) is 32.9 Å². The van der Waals surface area contributed by atoms with Crippen molar-refractivity contribution >= 4 is 30.7 Å². The van der Waals surface area contributed by atoms with Gasteiger partial charge in [0.05, 0.1) is 12.0 Å². The van der Waals surface area contributed by atoms with Gasteiger partial charge in [-0.2, -0.15) is 0 Å². The summed E-state index contributed by atoms with van der Waals surface area (Å²) in [4.78, 5) is 18.6. The summed E-state index contributed by atoms with van der Waals surface area (Å²) in [7, 11) is 2.02. The van der Waals surface area contributed by atoms with Crippen LogP contribution in [0, 0.1) is 11.8 Å². The highest BCUT2D eigenvalue weighted by molar-refractivity contribution is 5.85. The Labute approximate surface area is 163 Å². The number of hydrogen-bond acceptors (Lipinski definition) is 4. The molecule has 0 aromatic carbocycles. The normalized spacial score (nSPS) is 20.2. The number of imidazole rings is 1. The molecular formula is C17H32Cl2N4O2. The molecular weight excluding hydrogens is 363 g/mol. The molecule has 1 N–H and O–H groups in total. The maximum absolute atomic E-state index is 12.1. The van der Waals surface area contributed by atoms with Gasteiger partial charge in [0, 0.05) is 45.5 Å². The van der Waals surface area contributed by atoms with Crippen molar-refractivity contribution in [2.75, 3.05) is 26.3 Å². The van der Waals surface area contributed by atoms with Crippen LogP contribution < -0.4 is 5.32 Å². The van der Waals surface area contributed by atoms with E-state index in [9.17, 15) is 4.79 Å². The molecule has 1 saturated heterocycles. The van der Waals surface area contributed by atoms with Gasteiger partial charge in [-0.05, 0) is 18.3 Å². The first-order valence-electron chi connectivity index (χ1n) is 8.56. The van der Waals surface area contributed by atoms with E-state index in [0.717, 1.165) is 26.1 Å². The zero-order valence-electron chi connectivity index (χ0n) is 15.6. The number of nitrogens with one attached hydrogen (secondary N) is 1.